The van der Waals surface area contributed by atoms with Gasteiger partial charge in [-0.25, -0.2) is 9.78 Å². The molecule has 0 aliphatic rings. The fourth-order valence-electron chi connectivity index (χ4n) is 2.47. The van der Waals surface area contributed by atoms with E-state index in [4.69, 9.17) is 9.15 Å². The van der Waals surface area contributed by atoms with Crippen LogP contribution in [-0.4, -0.2) is 23.0 Å². The summed E-state index contributed by atoms with van der Waals surface area (Å²) in [4.78, 5) is 30.6. The lowest BCUT2D eigenvalue weighted by Crippen LogP contribution is -2.12. The third-order valence-electron chi connectivity index (χ3n) is 3.75. The minimum absolute atomic E-state index is 0.321. The van der Waals surface area contributed by atoms with Crippen molar-refractivity contribution in [2.75, 3.05) is 12.4 Å². The van der Waals surface area contributed by atoms with Crippen LogP contribution in [0.1, 0.15) is 10.5 Å². The number of aromatic nitrogens is 2. The molecule has 0 fully saturated rings. The van der Waals surface area contributed by atoms with Gasteiger partial charge in [0.2, 0.25) is 0 Å². The topological polar surface area (TPSA) is 97.2 Å². The first-order valence-electron chi connectivity index (χ1n) is 7.66. The van der Waals surface area contributed by atoms with Crippen molar-refractivity contribution in [2.24, 2.45) is 0 Å². The van der Waals surface area contributed by atoms with Crippen LogP contribution in [-0.2, 0) is 0 Å². The van der Waals surface area contributed by atoms with Crippen molar-refractivity contribution < 1.29 is 13.9 Å². The Hall–Kier alpha value is -3.39. The molecule has 2 heterocycles. The summed E-state index contributed by atoms with van der Waals surface area (Å²) in [6.07, 6.45) is 0. The molecule has 2 aromatic carbocycles. The normalized spacial score (nSPS) is 10.8. The van der Waals surface area contributed by atoms with Crippen LogP contribution in [0, 0.1) is 0 Å². The molecule has 0 spiro atoms. The Labute approximate surface area is 151 Å². The number of fused-ring (bicyclic) bond motifs is 1. The molecule has 0 radical (unpaired) electrons. The fourth-order valence-corrected chi connectivity index (χ4v) is 3.28. The second kappa shape index (κ2) is 6.49. The molecule has 7 nitrogen and oxygen atoms in total. The summed E-state index contributed by atoms with van der Waals surface area (Å²) in [6.45, 7) is 0. The van der Waals surface area contributed by atoms with Crippen LogP contribution in [0.25, 0.3) is 21.7 Å². The van der Waals surface area contributed by atoms with Gasteiger partial charge >= 0.3 is 5.76 Å². The van der Waals surface area contributed by atoms with Crippen LogP contribution in [0.4, 0.5) is 5.69 Å². The first-order chi connectivity index (χ1) is 12.6. The summed E-state index contributed by atoms with van der Waals surface area (Å²) >= 11 is 1.39. The van der Waals surface area contributed by atoms with Gasteiger partial charge in [0.05, 0.1) is 12.6 Å². The summed E-state index contributed by atoms with van der Waals surface area (Å²) < 4.78 is 10.1. The number of anilines is 1. The lowest BCUT2D eigenvalue weighted by molar-refractivity contribution is 0.102. The van der Waals surface area contributed by atoms with E-state index < -0.39 is 5.76 Å². The van der Waals surface area contributed by atoms with E-state index >= 15 is 0 Å². The third-order valence-corrected chi connectivity index (χ3v) is 4.64. The molecule has 0 bridgehead atoms. The lowest BCUT2D eigenvalue weighted by atomic mass is 10.2. The molecule has 0 atom stereocenters. The highest BCUT2D eigenvalue weighted by Crippen LogP contribution is 2.26. The zero-order chi connectivity index (χ0) is 18.1. The second-order valence-electron chi connectivity index (χ2n) is 5.45. The van der Waals surface area contributed by atoms with E-state index in [0.717, 1.165) is 16.3 Å². The summed E-state index contributed by atoms with van der Waals surface area (Å²) in [7, 11) is 1.61. The molecule has 2 N–H and O–H groups in total. The highest BCUT2D eigenvalue weighted by molar-refractivity contribution is 7.13. The first kappa shape index (κ1) is 16.1. The number of methoxy groups -OCH3 is 1. The molecular weight excluding hydrogens is 354 g/mol. The predicted octanol–water partition coefficient (Wildman–Crippen LogP) is 3.51. The Balaban J connectivity index is 1.54. The Morgan fingerprint density at radius 1 is 1.23 bits per heavy atom. The Kier molecular flexibility index (Phi) is 4.02. The molecule has 4 rings (SSSR count). The summed E-state index contributed by atoms with van der Waals surface area (Å²) in [5.41, 5.74) is 2.72. The Bertz CT molecular complexity index is 1140. The first-order valence-corrected chi connectivity index (χ1v) is 8.54. The van der Waals surface area contributed by atoms with Gasteiger partial charge in [0.1, 0.15) is 16.5 Å². The van der Waals surface area contributed by atoms with E-state index in [-0.39, 0.29) is 5.91 Å². The van der Waals surface area contributed by atoms with Gasteiger partial charge in [0.25, 0.3) is 5.91 Å². The largest absolute Gasteiger partial charge is 0.497 e. The van der Waals surface area contributed by atoms with Gasteiger partial charge in [-0.15, -0.1) is 11.3 Å². The number of hydrogen-bond donors (Lipinski definition) is 2. The number of amides is 1. The number of ether oxygens (including phenoxy) is 1. The van der Waals surface area contributed by atoms with Crippen molar-refractivity contribution in [3.05, 3.63) is 64.1 Å². The van der Waals surface area contributed by atoms with Crippen molar-refractivity contribution >= 4 is 34.0 Å². The summed E-state index contributed by atoms with van der Waals surface area (Å²) in [5, 5.41) is 5.21. The maximum Gasteiger partial charge on any atom is 0.417 e. The Morgan fingerprint density at radius 3 is 2.81 bits per heavy atom. The van der Waals surface area contributed by atoms with E-state index in [9.17, 15) is 9.59 Å². The monoisotopic (exact) mass is 367 g/mol. The molecule has 0 aliphatic carbocycles. The highest BCUT2D eigenvalue weighted by atomic mass is 32.1. The van der Waals surface area contributed by atoms with Crippen molar-refractivity contribution in [1.82, 2.24) is 9.97 Å². The van der Waals surface area contributed by atoms with Crippen LogP contribution < -0.4 is 15.8 Å². The van der Waals surface area contributed by atoms with Gasteiger partial charge in [-0.05, 0) is 42.5 Å². The van der Waals surface area contributed by atoms with Crippen molar-refractivity contribution in [2.45, 2.75) is 0 Å². The van der Waals surface area contributed by atoms with Gasteiger partial charge in [-0.2, -0.15) is 0 Å². The maximum atomic E-state index is 12.4. The number of carbonyl (C=O) groups is 1. The van der Waals surface area contributed by atoms with Gasteiger partial charge in [0.15, 0.2) is 5.58 Å². The van der Waals surface area contributed by atoms with E-state index in [1.165, 1.54) is 11.3 Å². The molecular formula is C18H13N3O4S. The molecule has 1 amide bonds. The molecule has 2 aromatic heterocycles. The predicted molar refractivity (Wildman–Crippen MR) is 98.9 cm³/mol. The number of nitrogens with one attached hydrogen (secondary N) is 2. The van der Waals surface area contributed by atoms with Crippen LogP contribution in [0.2, 0.25) is 0 Å². The van der Waals surface area contributed by atoms with Crippen LogP contribution >= 0.6 is 11.3 Å². The van der Waals surface area contributed by atoms with E-state index in [1.54, 1.807) is 30.7 Å². The molecule has 4 aromatic rings. The smallest absolute Gasteiger partial charge is 0.417 e. The van der Waals surface area contributed by atoms with E-state index in [0.29, 0.717) is 22.5 Å². The quantitative estimate of drug-likeness (QED) is 0.575. The van der Waals surface area contributed by atoms with Gasteiger partial charge in [-0.3, -0.25) is 9.78 Å². The van der Waals surface area contributed by atoms with Crippen molar-refractivity contribution in [1.29, 1.82) is 0 Å². The maximum absolute atomic E-state index is 12.4. The highest BCUT2D eigenvalue weighted by Gasteiger charge is 2.13. The second-order valence-corrected chi connectivity index (χ2v) is 6.30. The number of hydrogen-bond acceptors (Lipinski definition) is 6. The van der Waals surface area contributed by atoms with Crippen molar-refractivity contribution in [3.8, 4) is 16.3 Å². The fraction of sp³-hybridized carbons (Fsp3) is 0.0556. The Morgan fingerprint density at radius 2 is 2.04 bits per heavy atom. The third kappa shape index (κ3) is 3.09. The molecule has 8 heteroatoms. The van der Waals surface area contributed by atoms with Crippen LogP contribution in [0.5, 0.6) is 5.75 Å². The van der Waals surface area contributed by atoms with Gasteiger partial charge in [0, 0.05) is 16.6 Å². The molecule has 0 aliphatic heterocycles. The number of nitrogens with zero attached hydrogens (tertiary/aromatic N) is 1. The molecule has 0 saturated heterocycles. The number of thiazole rings is 1. The lowest BCUT2D eigenvalue weighted by Gasteiger charge is -2.03. The summed E-state index contributed by atoms with van der Waals surface area (Å²) in [6, 6.07) is 12.4. The zero-order valence-electron chi connectivity index (χ0n) is 13.6. The standard InChI is InChI=1S/C18H13N3O4S/c1-24-12-5-2-10(3-6-12)17-20-14(9-26-17)16(22)19-11-4-7-15-13(8-11)21-18(23)25-15/h2-9H,1H3,(H,19,22)(H,21,23). The number of aromatic amines is 1. The number of benzene rings is 2. The van der Waals surface area contributed by atoms with E-state index in [1.807, 2.05) is 24.3 Å². The number of oxazole rings is 1. The number of rotatable bonds is 4. The molecule has 130 valence electrons. The van der Waals surface area contributed by atoms with E-state index in [2.05, 4.69) is 15.3 Å². The molecule has 0 saturated carbocycles. The summed E-state index contributed by atoms with van der Waals surface area (Å²) in [5.74, 6) is -0.103. The minimum Gasteiger partial charge on any atom is -0.497 e. The van der Waals surface area contributed by atoms with Gasteiger partial charge in [-0.1, -0.05) is 0 Å². The van der Waals surface area contributed by atoms with Gasteiger partial charge < -0.3 is 14.5 Å². The zero-order valence-corrected chi connectivity index (χ0v) is 14.4. The SMILES string of the molecule is COc1ccc(-c2nc(C(=O)Nc3ccc4oc(=O)[nH]c4c3)cs2)cc1. The van der Waals surface area contributed by atoms with Crippen LogP contribution in [0.15, 0.2) is 57.1 Å². The number of H-pyrrole nitrogens is 1. The minimum atomic E-state index is -0.535. The van der Waals surface area contributed by atoms with Crippen LogP contribution in [0.3, 0.4) is 0 Å². The number of carbonyl (C=O) groups excluding carboxylic acids is 1. The van der Waals surface area contributed by atoms with Crippen molar-refractivity contribution in [3.63, 3.8) is 0 Å². The average molecular weight is 367 g/mol. The molecule has 26 heavy (non-hydrogen) atoms. The molecule has 0 unspecified atom stereocenters. The average Bonchev–Trinajstić information content (AvgIpc) is 3.27.